The summed E-state index contributed by atoms with van der Waals surface area (Å²) >= 11 is 6.37. The van der Waals surface area contributed by atoms with Crippen molar-refractivity contribution in [1.29, 1.82) is 0 Å². The second-order valence-corrected chi connectivity index (χ2v) is 8.71. The second-order valence-electron chi connectivity index (χ2n) is 8.30. The van der Waals surface area contributed by atoms with Crippen molar-refractivity contribution in [1.82, 2.24) is 19.9 Å². The largest absolute Gasteiger partial charge is 0.352 e. The second kappa shape index (κ2) is 10.1. The number of alkyl halides is 1. The molecular weight excluding hydrogens is 493 g/mol. The molecule has 4 heterocycles. The number of nitrogens with zero attached hydrogens (tertiary/aromatic N) is 6. The fourth-order valence-corrected chi connectivity index (χ4v) is 4.38. The van der Waals surface area contributed by atoms with E-state index in [0.29, 0.717) is 48.3 Å². The number of rotatable bonds is 4. The molecule has 0 saturated carbocycles. The lowest BCUT2D eigenvalue weighted by atomic mass is 10.0. The number of carbonyl (C=O) groups excluding carboxylic acids is 1. The number of benzene rings is 1. The molecule has 11 heteroatoms. The molecular formula is C25H20ClF3N6O. The Balaban J connectivity index is 1.44. The van der Waals surface area contributed by atoms with Gasteiger partial charge in [0.05, 0.1) is 22.5 Å². The normalized spacial score (nSPS) is 17.8. The van der Waals surface area contributed by atoms with Crippen molar-refractivity contribution in [3.8, 4) is 22.5 Å². The predicted molar refractivity (Wildman–Crippen MR) is 131 cm³/mol. The van der Waals surface area contributed by atoms with Crippen molar-refractivity contribution in [3.05, 3.63) is 71.3 Å². The zero-order valence-corrected chi connectivity index (χ0v) is 19.7. The summed E-state index contributed by atoms with van der Waals surface area (Å²) < 4.78 is 42.3. The van der Waals surface area contributed by atoms with Crippen LogP contribution in [-0.2, 0) is 4.79 Å². The van der Waals surface area contributed by atoms with Crippen molar-refractivity contribution < 1.29 is 18.0 Å². The van der Waals surface area contributed by atoms with Crippen LogP contribution < -0.4 is 4.90 Å². The summed E-state index contributed by atoms with van der Waals surface area (Å²) in [5, 5.41) is 0.298. The topological polar surface area (TPSA) is 74.6 Å². The van der Waals surface area contributed by atoms with Gasteiger partial charge < -0.3 is 9.80 Å². The Labute approximate surface area is 210 Å². The van der Waals surface area contributed by atoms with Gasteiger partial charge in [-0.1, -0.05) is 11.6 Å². The van der Waals surface area contributed by atoms with Crippen LogP contribution >= 0.6 is 11.6 Å². The Morgan fingerprint density at radius 1 is 1.03 bits per heavy atom. The van der Waals surface area contributed by atoms with Crippen LogP contribution in [0.15, 0.2) is 59.6 Å². The van der Waals surface area contributed by atoms with E-state index < -0.39 is 17.8 Å². The molecule has 2 aliphatic rings. The predicted octanol–water partition coefficient (Wildman–Crippen LogP) is 4.48. The Kier molecular flexibility index (Phi) is 6.69. The average molecular weight is 513 g/mol. The van der Waals surface area contributed by atoms with Gasteiger partial charge in [0.2, 0.25) is 0 Å². The van der Waals surface area contributed by atoms with Crippen LogP contribution in [0.1, 0.15) is 6.42 Å². The third-order valence-electron chi connectivity index (χ3n) is 6.08. The monoisotopic (exact) mass is 512 g/mol. The third-order valence-corrected chi connectivity index (χ3v) is 6.38. The van der Waals surface area contributed by atoms with Gasteiger partial charge in [-0.15, -0.1) is 0 Å². The first kappa shape index (κ1) is 23.9. The molecule has 0 spiro atoms. The summed E-state index contributed by atoms with van der Waals surface area (Å²) in [4.78, 5) is 33.4. The number of amides is 1. The minimum Gasteiger partial charge on any atom is -0.352 e. The molecule has 2 aliphatic heterocycles. The van der Waals surface area contributed by atoms with Gasteiger partial charge in [-0.05, 0) is 18.2 Å². The van der Waals surface area contributed by atoms with Gasteiger partial charge in [0, 0.05) is 74.6 Å². The Hall–Kier alpha value is -3.79. The Bertz CT molecular complexity index is 1370. The van der Waals surface area contributed by atoms with Crippen molar-refractivity contribution >= 4 is 29.5 Å². The summed E-state index contributed by atoms with van der Waals surface area (Å²) in [5.41, 5.74) is 1.16. The standard InChI is InChI=1S/C25H20ClF3N6O/c26-19-13-31-5-3-16(19)24-23(17-2-1-15(27)11-21(17)29)32-14-22(33-24)34-7-9-35(10-8-34)25(36)18-12-30-6-4-20(18)28/h1-3,5-6,11-14,20H,4,7-10H2. The molecule has 0 aliphatic carbocycles. The fraction of sp³-hybridized carbons (Fsp3) is 0.240. The number of aromatic nitrogens is 3. The quantitative estimate of drug-likeness (QED) is 0.515. The van der Waals surface area contributed by atoms with E-state index in [1.54, 1.807) is 11.0 Å². The SMILES string of the molecule is O=C(C1=CN=CCC1F)N1CCN(c2cnc(-c3ccc(F)cc3F)c(-c3ccncc3Cl)n2)CC1. The van der Waals surface area contributed by atoms with Crippen LogP contribution in [0.3, 0.4) is 0 Å². The van der Waals surface area contributed by atoms with Gasteiger partial charge in [-0.25, -0.2) is 23.1 Å². The van der Waals surface area contributed by atoms with E-state index in [-0.39, 0.29) is 29.2 Å². The highest BCUT2D eigenvalue weighted by Crippen LogP contribution is 2.35. The minimum absolute atomic E-state index is 0.0611. The van der Waals surface area contributed by atoms with Crippen LogP contribution in [0, 0.1) is 11.6 Å². The molecule has 3 aromatic rings. The van der Waals surface area contributed by atoms with Gasteiger partial charge in [0.1, 0.15) is 29.3 Å². The van der Waals surface area contributed by atoms with Crippen molar-refractivity contribution in [2.24, 2.45) is 4.99 Å². The molecule has 184 valence electrons. The van der Waals surface area contributed by atoms with Gasteiger partial charge in [0.15, 0.2) is 0 Å². The van der Waals surface area contributed by atoms with Crippen LogP contribution in [0.25, 0.3) is 22.5 Å². The average Bonchev–Trinajstić information content (AvgIpc) is 2.89. The summed E-state index contributed by atoms with van der Waals surface area (Å²) in [6.07, 6.45) is 5.96. The Morgan fingerprint density at radius 2 is 1.83 bits per heavy atom. The van der Waals surface area contributed by atoms with Crippen molar-refractivity contribution in [2.45, 2.75) is 12.6 Å². The summed E-state index contributed by atoms with van der Waals surface area (Å²) in [6, 6.07) is 4.89. The first-order valence-electron chi connectivity index (χ1n) is 11.2. The highest BCUT2D eigenvalue weighted by molar-refractivity contribution is 6.33. The molecule has 1 unspecified atom stereocenters. The number of hydrogen-bond acceptors (Lipinski definition) is 6. The smallest absolute Gasteiger partial charge is 0.254 e. The highest BCUT2D eigenvalue weighted by Gasteiger charge is 2.29. The maximum Gasteiger partial charge on any atom is 0.254 e. The lowest BCUT2D eigenvalue weighted by Crippen LogP contribution is -2.50. The van der Waals surface area contributed by atoms with Crippen LogP contribution in [0.5, 0.6) is 0 Å². The lowest BCUT2D eigenvalue weighted by molar-refractivity contribution is -0.128. The van der Waals surface area contributed by atoms with E-state index in [1.165, 1.54) is 37.1 Å². The van der Waals surface area contributed by atoms with Gasteiger partial charge >= 0.3 is 0 Å². The molecule has 7 nitrogen and oxygen atoms in total. The van der Waals surface area contributed by atoms with Crippen LogP contribution in [0.2, 0.25) is 5.02 Å². The molecule has 1 amide bonds. The van der Waals surface area contributed by atoms with E-state index in [2.05, 4.69) is 15.0 Å². The number of carbonyl (C=O) groups is 1. The van der Waals surface area contributed by atoms with Crippen molar-refractivity contribution in [3.63, 3.8) is 0 Å². The fourth-order valence-electron chi connectivity index (χ4n) is 4.17. The number of piperazine rings is 1. The molecule has 1 fully saturated rings. The number of aliphatic imine (C=N–C) groups is 1. The molecule has 1 atom stereocenters. The highest BCUT2D eigenvalue weighted by atomic mass is 35.5. The van der Waals surface area contributed by atoms with Crippen molar-refractivity contribution in [2.75, 3.05) is 31.1 Å². The van der Waals surface area contributed by atoms with Crippen LogP contribution in [0.4, 0.5) is 19.0 Å². The zero-order chi connectivity index (χ0) is 25.2. The lowest BCUT2D eigenvalue weighted by Gasteiger charge is -2.36. The molecule has 0 bridgehead atoms. The van der Waals surface area contributed by atoms with E-state index in [9.17, 15) is 18.0 Å². The van der Waals surface area contributed by atoms with E-state index in [4.69, 9.17) is 16.6 Å². The summed E-state index contributed by atoms with van der Waals surface area (Å²) in [7, 11) is 0. The van der Waals surface area contributed by atoms with Gasteiger partial charge in [-0.3, -0.25) is 14.8 Å². The van der Waals surface area contributed by atoms with Gasteiger partial charge in [0.25, 0.3) is 5.91 Å². The molecule has 1 saturated heterocycles. The maximum absolute atomic E-state index is 14.6. The maximum atomic E-state index is 14.6. The first-order chi connectivity index (χ1) is 17.4. The summed E-state index contributed by atoms with van der Waals surface area (Å²) in [5.74, 6) is -1.34. The Morgan fingerprint density at radius 3 is 2.56 bits per heavy atom. The minimum atomic E-state index is -1.36. The molecule has 5 rings (SSSR count). The molecule has 1 aromatic carbocycles. The van der Waals surface area contributed by atoms with E-state index in [1.807, 2.05) is 4.90 Å². The van der Waals surface area contributed by atoms with Crippen LogP contribution in [-0.4, -0.2) is 64.3 Å². The van der Waals surface area contributed by atoms with Gasteiger partial charge in [-0.2, -0.15) is 0 Å². The number of anilines is 1. The van der Waals surface area contributed by atoms with E-state index in [0.717, 1.165) is 12.1 Å². The first-order valence-corrected chi connectivity index (χ1v) is 11.6. The van der Waals surface area contributed by atoms with E-state index >= 15 is 0 Å². The molecule has 0 N–H and O–H groups in total. The third kappa shape index (κ3) is 4.68. The molecule has 2 aromatic heterocycles. The zero-order valence-electron chi connectivity index (χ0n) is 18.9. The molecule has 0 radical (unpaired) electrons. The number of halogens is 4. The number of hydrogen-bond donors (Lipinski definition) is 0. The molecule has 36 heavy (non-hydrogen) atoms. The number of pyridine rings is 1. The summed E-state index contributed by atoms with van der Waals surface area (Å²) in [6.45, 7) is 1.57.